The zero-order valence-corrected chi connectivity index (χ0v) is 28.0. The molecule has 0 bridgehead atoms. The highest BCUT2D eigenvalue weighted by Crippen LogP contribution is 2.39. The number of likely N-dealkylation sites (N-methyl/N-ethyl adjacent to an activating group) is 1. The number of fused-ring (bicyclic) bond motifs is 2. The zero-order valence-electron chi connectivity index (χ0n) is 26.5. The molecule has 1 unspecified atom stereocenters. The highest BCUT2D eigenvalue weighted by Gasteiger charge is 2.37. The SMILES string of the molecule is CCC(c1ccccc1)N1Cc2cc3c(cc2C[C@H]1C(=O)O)CN(C)C[C@H](c1ccc(O[C@H](CC)c2ccc(Cl)c(Cl)c2)cc1)O3. The fourth-order valence-electron chi connectivity index (χ4n) is 6.84. The highest BCUT2D eigenvalue weighted by molar-refractivity contribution is 6.42. The summed E-state index contributed by atoms with van der Waals surface area (Å²) in [6, 6.07) is 27.7. The lowest BCUT2D eigenvalue weighted by atomic mass is 9.88. The molecule has 6 rings (SSSR count). The first-order valence-corrected chi connectivity index (χ1v) is 16.7. The maximum Gasteiger partial charge on any atom is 0.321 e. The van der Waals surface area contributed by atoms with Crippen LogP contribution in [-0.2, 0) is 24.3 Å². The third-order valence-electron chi connectivity index (χ3n) is 9.21. The van der Waals surface area contributed by atoms with Crippen LogP contribution in [-0.4, -0.2) is 40.5 Å². The fourth-order valence-corrected chi connectivity index (χ4v) is 7.15. The Labute approximate surface area is 281 Å². The first kappa shape index (κ1) is 32.4. The zero-order chi connectivity index (χ0) is 32.4. The third kappa shape index (κ3) is 6.91. The summed E-state index contributed by atoms with van der Waals surface area (Å²) in [5.74, 6) is 0.855. The number of hydrogen-bond donors (Lipinski definition) is 1. The molecule has 0 spiro atoms. The molecule has 0 fully saturated rings. The van der Waals surface area contributed by atoms with E-state index in [0.29, 0.717) is 23.0 Å². The van der Waals surface area contributed by atoms with Gasteiger partial charge in [-0.1, -0.05) is 91.6 Å². The Hall–Kier alpha value is -3.55. The minimum Gasteiger partial charge on any atom is -0.486 e. The average molecular weight is 660 g/mol. The van der Waals surface area contributed by atoms with E-state index < -0.39 is 12.0 Å². The van der Waals surface area contributed by atoms with Gasteiger partial charge in [-0.3, -0.25) is 14.6 Å². The Morgan fingerprint density at radius 2 is 1.65 bits per heavy atom. The molecule has 2 heterocycles. The number of carbonyl (C=O) groups is 1. The number of carboxylic acid groups (broad SMARTS) is 1. The Morgan fingerprint density at radius 3 is 2.33 bits per heavy atom. The van der Waals surface area contributed by atoms with Crippen LogP contribution in [0.5, 0.6) is 11.5 Å². The summed E-state index contributed by atoms with van der Waals surface area (Å²) in [5.41, 5.74) is 6.50. The molecule has 46 heavy (non-hydrogen) atoms. The lowest BCUT2D eigenvalue weighted by Gasteiger charge is -2.40. The molecule has 4 atom stereocenters. The molecular formula is C38H40Cl2N2O4. The smallest absolute Gasteiger partial charge is 0.321 e. The summed E-state index contributed by atoms with van der Waals surface area (Å²) in [5, 5.41) is 11.3. The molecule has 8 heteroatoms. The van der Waals surface area contributed by atoms with E-state index in [-0.39, 0.29) is 18.2 Å². The summed E-state index contributed by atoms with van der Waals surface area (Å²) in [6.45, 7) is 6.21. The number of halogens is 2. The van der Waals surface area contributed by atoms with Crippen LogP contribution in [0, 0.1) is 0 Å². The minimum absolute atomic E-state index is 0.0128. The van der Waals surface area contributed by atoms with Gasteiger partial charge >= 0.3 is 5.97 Å². The van der Waals surface area contributed by atoms with Crippen molar-refractivity contribution in [2.75, 3.05) is 13.6 Å². The Bertz CT molecular complexity index is 1680. The monoisotopic (exact) mass is 658 g/mol. The summed E-state index contributed by atoms with van der Waals surface area (Å²) in [4.78, 5) is 16.9. The number of nitrogens with zero attached hydrogens (tertiary/aromatic N) is 2. The van der Waals surface area contributed by atoms with E-state index >= 15 is 0 Å². The molecule has 1 N–H and O–H groups in total. The molecule has 0 aliphatic carbocycles. The predicted molar refractivity (Wildman–Crippen MR) is 183 cm³/mol. The van der Waals surface area contributed by atoms with Crippen molar-refractivity contribution in [3.63, 3.8) is 0 Å². The molecule has 4 aromatic rings. The molecule has 0 radical (unpaired) electrons. The summed E-state index contributed by atoms with van der Waals surface area (Å²) in [7, 11) is 2.10. The standard InChI is InChI=1S/C38H40Cl2N2O4/c1-4-33(24-9-7-6-8-10-24)42-22-28-20-36-29(17-27(28)19-34(42)38(43)44)21-41(3)23-37(46-36)25-11-14-30(15-12-25)45-35(5-2)26-13-16-31(39)32(40)18-26/h6-18,20,33-35,37H,4-5,19,21-23H2,1-3H3,(H,43,44)/t33?,34-,35+,37+/m0/s1. The Balaban J connectivity index is 1.23. The van der Waals surface area contributed by atoms with Crippen LogP contribution in [0.15, 0.2) is 84.9 Å². The normalized spacial score (nSPS) is 19.7. The van der Waals surface area contributed by atoms with E-state index in [4.69, 9.17) is 32.7 Å². The number of ether oxygens (including phenoxy) is 2. The highest BCUT2D eigenvalue weighted by atomic mass is 35.5. The summed E-state index contributed by atoms with van der Waals surface area (Å²) in [6.07, 6.45) is 1.76. The van der Waals surface area contributed by atoms with Gasteiger partial charge in [-0.15, -0.1) is 0 Å². The number of hydrogen-bond acceptors (Lipinski definition) is 5. The number of benzene rings is 4. The van der Waals surface area contributed by atoms with Gasteiger partial charge in [-0.2, -0.15) is 0 Å². The molecule has 0 aromatic heterocycles. The second-order valence-electron chi connectivity index (χ2n) is 12.4. The number of carboxylic acids is 1. The molecular weight excluding hydrogens is 619 g/mol. The lowest BCUT2D eigenvalue weighted by molar-refractivity contribution is -0.145. The molecule has 4 aromatic carbocycles. The number of aliphatic carboxylic acids is 1. The predicted octanol–water partition coefficient (Wildman–Crippen LogP) is 9.05. The van der Waals surface area contributed by atoms with Gasteiger partial charge in [0, 0.05) is 31.2 Å². The maximum absolute atomic E-state index is 12.5. The van der Waals surface area contributed by atoms with Crippen molar-refractivity contribution in [1.82, 2.24) is 9.80 Å². The maximum atomic E-state index is 12.5. The van der Waals surface area contributed by atoms with Crippen LogP contribution in [0.2, 0.25) is 10.0 Å². The Morgan fingerprint density at radius 1 is 0.891 bits per heavy atom. The molecule has 0 saturated heterocycles. The van der Waals surface area contributed by atoms with E-state index in [2.05, 4.69) is 67.1 Å². The van der Waals surface area contributed by atoms with Crippen LogP contribution < -0.4 is 9.47 Å². The van der Waals surface area contributed by atoms with Crippen molar-refractivity contribution < 1.29 is 19.4 Å². The molecule has 6 nitrogen and oxygen atoms in total. The van der Waals surface area contributed by atoms with E-state index in [1.807, 2.05) is 42.5 Å². The first-order valence-electron chi connectivity index (χ1n) is 16.0. The van der Waals surface area contributed by atoms with Gasteiger partial charge in [0.2, 0.25) is 0 Å². The van der Waals surface area contributed by atoms with Gasteiger partial charge in [0.1, 0.15) is 29.7 Å². The van der Waals surface area contributed by atoms with E-state index in [1.165, 1.54) is 0 Å². The van der Waals surface area contributed by atoms with Crippen LogP contribution >= 0.6 is 23.2 Å². The lowest BCUT2D eigenvalue weighted by Crippen LogP contribution is -2.47. The van der Waals surface area contributed by atoms with Gasteiger partial charge in [-0.05, 0) is 84.5 Å². The third-order valence-corrected chi connectivity index (χ3v) is 9.95. The van der Waals surface area contributed by atoms with Gasteiger partial charge in [0.25, 0.3) is 0 Å². The molecule has 2 aliphatic rings. The van der Waals surface area contributed by atoms with Gasteiger partial charge in [0.05, 0.1) is 10.0 Å². The first-order chi connectivity index (χ1) is 22.2. The average Bonchev–Trinajstić information content (AvgIpc) is 3.22. The van der Waals surface area contributed by atoms with Gasteiger partial charge in [-0.25, -0.2) is 0 Å². The second-order valence-corrected chi connectivity index (χ2v) is 13.2. The van der Waals surface area contributed by atoms with Crippen LogP contribution in [0.4, 0.5) is 0 Å². The van der Waals surface area contributed by atoms with Crippen molar-refractivity contribution in [2.45, 2.75) is 70.5 Å². The molecule has 2 aliphatic heterocycles. The van der Waals surface area contributed by atoms with E-state index in [1.54, 1.807) is 6.07 Å². The topological polar surface area (TPSA) is 62.2 Å². The minimum atomic E-state index is -0.780. The molecule has 240 valence electrons. The van der Waals surface area contributed by atoms with Crippen molar-refractivity contribution in [3.05, 3.63) is 128 Å². The van der Waals surface area contributed by atoms with Crippen molar-refractivity contribution in [1.29, 1.82) is 0 Å². The van der Waals surface area contributed by atoms with Crippen molar-refractivity contribution >= 4 is 29.2 Å². The quantitative estimate of drug-likeness (QED) is 0.194. The van der Waals surface area contributed by atoms with Crippen LogP contribution in [0.25, 0.3) is 0 Å². The van der Waals surface area contributed by atoms with Crippen LogP contribution in [0.1, 0.15) is 78.3 Å². The van der Waals surface area contributed by atoms with Crippen LogP contribution in [0.3, 0.4) is 0 Å². The van der Waals surface area contributed by atoms with E-state index in [0.717, 1.165) is 70.8 Å². The Kier molecular flexibility index (Phi) is 9.90. The van der Waals surface area contributed by atoms with Crippen molar-refractivity contribution in [3.8, 4) is 11.5 Å². The summed E-state index contributed by atoms with van der Waals surface area (Å²) >= 11 is 12.4. The van der Waals surface area contributed by atoms with Gasteiger partial charge in [0.15, 0.2) is 0 Å². The van der Waals surface area contributed by atoms with E-state index in [9.17, 15) is 9.90 Å². The second kappa shape index (κ2) is 14.1. The fraction of sp³-hybridized carbons (Fsp3) is 0.342. The number of rotatable bonds is 9. The largest absolute Gasteiger partial charge is 0.486 e. The molecule has 0 saturated carbocycles. The van der Waals surface area contributed by atoms with Crippen molar-refractivity contribution in [2.24, 2.45) is 0 Å². The summed E-state index contributed by atoms with van der Waals surface area (Å²) < 4.78 is 13.1. The molecule has 0 amide bonds. The van der Waals surface area contributed by atoms with Gasteiger partial charge < -0.3 is 14.6 Å².